The minimum Gasteiger partial charge on any atom is -0.343 e. The number of fused-ring (bicyclic) bond motifs is 3. The molecule has 2 aromatic rings. The predicted molar refractivity (Wildman–Crippen MR) is 102 cm³/mol. The van der Waals surface area contributed by atoms with Gasteiger partial charge in [-0.05, 0) is 0 Å². The van der Waals surface area contributed by atoms with Gasteiger partial charge in [0.05, 0.1) is 6.61 Å². The van der Waals surface area contributed by atoms with Gasteiger partial charge in [-0.2, -0.15) is 8.42 Å². The van der Waals surface area contributed by atoms with Crippen molar-refractivity contribution in [2.24, 2.45) is 5.14 Å². The fraction of sp³-hybridized carbons (Fsp3) is 0.400. The van der Waals surface area contributed by atoms with Crippen LogP contribution in [0.4, 0.5) is 0 Å². The zero-order chi connectivity index (χ0) is 20.8. The molecule has 3 aliphatic rings. The van der Waals surface area contributed by atoms with Crippen LogP contribution in [-0.2, 0) is 38.2 Å². The number of rotatable bonds is 5. The monoisotopic (exact) mass is 435 g/mol. The van der Waals surface area contributed by atoms with Crippen LogP contribution in [0.3, 0.4) is 0 Å². The summed E-state index contributed by atoms with van der Waals surface area (Å²) in [5.74, 6) is -1.51. The van der Waals surface area contributed by atoms with Gasteiger partial charge >= 0.3 is 10.3 Å². The highest BCUT2D eigenvalue weighted by Crippen LogP contribution is 2.48. The minimum atomic E-state index is -4.21. The topological polar surface area (TPSA) is 116 Å². The standard InChI is InChI=1S/C20H21NO8S/c21-30(22,23)25-12-20-17(28-19(29-20)14-9-5-2-6-10-14)16-15(11-24-20)26-18(27-16)13-7-3-1-4-8-13/h1-10,15-19H,11-12H2,(H2,21,22,23)/t15-,16-,17+,18-,19+,20+/m1/s1. The third-order valence-electron chi connectivity index (χ3n) is 5.31. The Morgan fingerprint density at radius 2 is 1.57 bits per heavy atom. The predicted octanol–water partition coefficient (Wildman–Crippen LogP) is 1.53. The Hall–Kier alpha value is -1.89. The SMILES string of the molecule is NS(=O)(=O)OC[C@@]12OC[C@H]3O[C@@H](c4ccccc4)O[C@H]3[C@@H]1O[C@H](c1ccccc1)O2. The van der Waals surface area contributed by atoms with Crippen LogP contribution in [0.15, 0.2) is 60.7 Å². The van der Waals surface area contributed by atoms with Crippen LogP contribution in [0.5, 0.6) is 0 Å². The maximum Gasteiger partial charge on any atom is 0.333 e. The summed E-state index contributed by atoms with van der Waals surface area (Å²) in [7, 11) is -4.21. The van der Waals surface area contributed by atoms with Gasteiger partial charge in [0, 0.05) is 11.1 Å². The molecule has 0 aromatic heterocycles. The first-order valence-corrected chi connectivity index (χ1v) is 11.0. The number of nitrogens with two attached hydrogens (primary N) is 1. The van der Waals surface area contributed by atoms with Crippen molar-refractivity contribution in [2.75, 3.05) is 13.2 Å². The summed E-state index contributed by atoms with van der Waals surface area (Å²) in [6.07, 6.45) is -3.16. The fourth-order valence-corrected chi connectivity index (χ4v) is 4.25. The lowest BCUT2D eigenvalue weighted by atomic mass is 9.98. The molecule has 30 heavy (non-hydrogen) atoms. The van der Waals surface area contributed by atoms with E-state index in [0.29, 0.717) is 0 Å². The second-order valence-corrected chi connectivity index (χ2v) is 8.53. The molecule has 3 aliphatic heterocycles. The number of hydrogen-bond acceptors (Lipinski definition) is 8. The van der Waals surface area contributed by atoms with Gasteiger partial charge in [-0.25, -0.2) is 5.14 Å². The summed E-state index contributed by atoms with van der Waals surface area (Å²) < 4.78 is 58.0. The van der Waals surface area contributed by atoms with E-state index < -0.39 is 53.6 Å². The molecule has 10 heteroatoms. The largest absolute Gasteiger partial charge is 0.343 e. The van der Waals surface area contributed by atoms with E-state index in [1.807, 2.05) is 60.7 Å². The van der Waals surface area contributed by atoms with Gasteiger partial charge in [0.2, 0.25) is 5.79 Å². The Morgan fingerprint density at radius 3 is 2.20 bits per heavy atom. The van der Waals surface area contributed by atoms with E-state index in [1.54, 1.807) is 0 Å². The molecule has 0 aliphatic carbocycles. The van der Waals surface area contributed by atoms with E-state index in [0.717, 1.165) is 11.1 Å². The van der Waals surface area contributed by atoms with Crippen molar-refractivity contribution >= 4 is 10.3 Å². The van der Waals surface area contributed by atoms with E-state index in [-0.39, 0.29) is 6.61 Å². The van der Waals surface area contributed by atoms with E-state index in [1.165, 1.54) is 0 Å². The number of benzene rings is 2. The first kappa shape index (κ1) is 20.0. The van der Waals surface area contributed by atoms with Gasteiger partial charge in [0.15, 0.2) is 12.6 Å². The van der Waals surface area contributed by atoms with Crippen molar-refractivity contribution in [3.8, 4) is 0 Å². The second-order valence-electron chi connectivity index (χ2n) is 7.31. The van der Waals surface area contributed by atoms with Crippen LogP contribution in [0, 0.1) is 0 Å². The van der Waals surface area contributed by atoms with Crippen molar-refractivity contribution in [1.29, 1.82) is 0 Å². The zero-order valence-corrected chi connectivity index (χ0v) is 16.6. The smallest absolute Gasteiger partial charge is 0.333 e. The average Bonchev–Trinajstić information content (AvgIpc) is 3.35. The second kappa shape index (κ2) is 7.66. The van der Waals surface area contributed by atoms with E-state index in [9.17, 15) is 8.42 Å². The zero-order valence-electron chi connectivity index (χ0n) is 15.8. The molecule has 0 radical (unpaired) electrons. The van der Waals surface area contributed by atoms with Gasteiger partial charge in [-0.1, -0.05) is 60.7 Å². The molecule has 0 spiro atoms. The number of ether oxygens (including phenoxy) is 5. The Balaban J connectivity index is 1.43. The molecule has 9 nitrogen and oxygen atoms in total. The first-order valence-electron chi connectivity index (χ1n) is 9.49. The molecular weight excluding hydrogens is 414 g/mol. The fourth-order valence-electron chi connectivity index (χ4n) is 3.93. The first-order chi connectivity index (χ1) is 14.4. The molecule has 0 bridgehead atoms. The average molecular weight is 435 g/mol. The molecule has 0 saturated carbocycles. The summed E-state index contributed by atoms with van der Waals surface area (Å²) in [4.78, 5) is 0. The molecule has 2 N–H and O–H groups in total. The van der Waals surface area contributed by atoms with Crippen LogP contribution in [0.2, 0.25) is 0 Å². The van der Waals surface area contributed by atoms with E-state index in [4.69, 9.17) is 33.0 Å². The molecule has 0 unspecified atom stereocenters. The van der Waals surface area contributed by atoms with Gasteiger partial charge in [0.1, 0.15) is 24.9 Å². The maximum atomic E-state index is 11.4. The summed E-state index contributed by atoms with van der Waals surface area (Å²) in [6.45, 7) is -0.355. The van der Waals surface area contributed by atoms with Crippen molar-refractivity contribution < 1.29 is 36.3 Å². The van der Waals surface area contributed by atoms with Gasteiger partial charge < -0.3 is 23.7 Å². The summed E-state index contributed by atoms with van der Waals surface area (Å²) in [5, 5.41) is 5.02. The van der Waals surface area contributed by atoms with Crippen LogP contribution < -0.4 is 5.14 Å². The lowest BCUT2D eigenvalue weighted by Crippen LogP contribution is -2.60. The minimum absolute atomic E-state index is 0.114. The summed E-state index contributed by atoms with van der Waals surface area (Å²) in [5.41, 5.74) is 1.61. The van der Waals surface area contributed by atoms with Crippen molar-refractivity contribution in [3.63, 3.8) is 0 Å². The highest BCUT2D eigenvalue weighted by molar-refractivity contribution is 7.84. The highest BCUT2D eigenvalue weighted by Gasteiger charge is 2.63. The normalized spacial score (nSPS) is 35.7. The third-order valence-corrected chi connectivity index (χ3v) is 5.76. The molecule has 5 rings (SSSR count). The van der Waals surface area contributed by atoms with Gasteiger partial charge in [0.25, 0.3) is 0 Å². The Bertz CT molecular complexity index is 988. The lowest BCUT2D eigenvalue weighted by Gasteiger charge is -2.39. The molecule has 3 heterocycles. The van der Waals surface area contributed by atoms with Gasteiger partial charge in [-0.3, -0.25) is 4.18 Å². The molecule has 2 aromatic carbocycles. The van der Waals surface area contributed by atoms with Crippen LogP contribution in [0.1, 0.15) is 23.7 Å². The molecule has 6 atom stereocenters. The lowest BCUT2D eigenvalue weighted by molar-refractivity contribution is -0.281. The Morgan fingerprint density at radius 1 is 0.933 bits per heavy atom. The summed E-state index contributed by atoms with van der Waals surface area (Å²) >= 11 is 0. The van der Waals surface area contributed by atoms with Gasteiger partial charge in [-0.15, -0.1) is 0 Å². The quantitative estimate of drug-likeness (QED) is 0.752. The molecule has 0 amide bonds. The molecular formula is C20H21NO8S. The summed E-state index contributed by atoms with van der Waals surface area (Å²) in [6, 6.07) is 18.7. The Kier molecular flexibility index (Phi) is 5.12. The van der Waals surface area contributed by atoms with Crippen LogP contribution in [0.25, 0.3) is 0 Å². The number of hydrogen-bond donors (Lipinski definition) is 1. The van der Waals surface area contributed by atoms with Crippen molar-refractivity contribution in [3.05, 3.63) is 71.8 Å². The third kappa shape index (κ3) is 3.77. The van der Waals surface area contributed by atoms with Crippen LogP contribution in [-0.4, -0.2) is 45.7 Å². The molecule has 3 saturated heterocycles. The molecule has 3 fully saturated rings. The van der Waals surface area contributed by atoms with E-state index >= 15 is 0 Å². The Labute approximate surface area is 173 Å². The van der Waals surface area contributed by atoms with E-state index in [2.05, 4.69) is 0 Å². The van der Waals surface area contributed by atoms with Crippen molar-refractivity contribution in [1.82, 2.24) is 0 Å². The van der Waals surface area contributed by atoms with Crippen molar-refractivity contribution in [2.45, 2.75) is 36.7 Å². The van der Waals surface area contributed by atoms with Crippen LogP contribution >= 0.6 is 0 Å². The maximum absolute atomic E-state index is 11.4. The highest BCUT2D eigenvalue weighted by atomic mass is 32.2. The molecule has 160 valence electrons.